The Morgan fingerprint density at radius 1 is 1.23 bits per heavy atom. The molecule has 0 radical (unpaired) electrons. The Kier molecular flexibility index (Phi) is 5.46. The molecule has 0 fully saturated rings. The van der Waals surface area contributed by atoms with Gasteiger partial charge < -0.3 is 13.9 Å². The van der Waals surface area contributed by atoms with E-state index in [1.807, 2.05) is 23.6 Å². The highest BCUT2D eigenvalue weighted by molar-refractivity contribution is 7.16. The van der Waals surface area contributed by atoms with Gasteiger partial charge in [-0.3, -0.25) is 18.7 Å². The lowest BCUT2D eigenvalue weighted by molar-refractivity contribution is -0.118. The van der Waals surface area contributed by atoms with Crippen molar-refractivity contribution in [1.82, 2.24) is 23.3 Å². The zero-order chi connectivity index (χ0) is 22.3. The molecule has 0 saturated heterocycles. The van der Waals surface area contributed by atoms with Crippen LogP contribution >= 0.6 is 11.3 Å². The lowest BCUT2D eigenvalue weighted by Crippen LogP contribution is -2.37. The van der Waals surface area contributed by atoms with Crippen LogP contribution in [0, 0.1) is 6.92 Å². The quantitative estimate of drug-likeness (QED) is 0.448. The fraction of sp³-hybridized carbons (Fsp3) is 0.350. The number of benzene rings is 1. The van der Waals surface area contributed by atoms with Gasteiger partial charge in [0.05, 0.1) is 23.2 Å². The Morgan fingerprint density at radius 3 is 2.74 bits per heavy atom. The van der Waals surface area contributed by atoms with E-state index in [1.54, 1.807) is 7.11 Å². The Labute approximate surface area is 180 Å². The molecule has 31 heavy (non-hydrogen) atoms. The molecule has 1 amide bonds. The summed E-state index contributed by atoms with van der Waals surface area (Å²) in [5, 5.41) is 0. The van der Waals surface area contributed by atoms with Crippen LogP contribution in [0.15, 0.2) is 39.1 Å². The molecule has 0 N–H and O–H groups in total. The summed E-state index contributed by atoms with van der Waals surface area (Å²) in [7, 11) is 4.55. The summed E-state index contributed by atoms with van der Waals surface area (Å²) < 4.78 is 11.9. The van der Waals surface area contributed by atoms with Crippen molar-refractivity contribution in [3.63, 3.8) is 0 Å². The van der Waals surface area contributed by atoms with Gasteiger partial charge in [0.25, 0.3) is 11.5 Å². The van der Waals surface area contributed by atoms with Gasteiger partial charge in [0.2, 0.25) is 0 Å². The molecule has 0 aliphatic rings. The van der Waals surface area contributed by atoms with Gasteiger partial charge in [-0.15, -0.1) is 0 Å². The van der Waals surface area contributed by atoms with Crippen LogP contribution in [0.5, 0.6) is 0 Å². The van der Waals surface area contributed by atoms with Crippen molar-refractivity contribution in [2.75, 3.05) is 13.7 Å². The van der Waals surface area contributed by atoms with Crippen molar-refractivity contribution >= 4 is 38.6 Å². The van der Waals surface area contributed by atoms with Gasteiger partial charge in [0, 0.05) is 27.7 Å². The summed E-state index contributed by atoms with van der Waals surface area (Å²) in [4.78, 5) is 46.5. The SMILES string of the molecule is COCCn1c(=NC(=O)Cn2cnc3c2c(=O)n(C)c(=O)n3C)sc2cc(C)ccc21. The van der Waals surface area contributed by atoms with Crippen molar-refractivity contribution in [3.8, 4) is 0 Å². The first kappa shape index (κ1) is 20.9. The molecule has 3 aromatic heterocycles. The highest BCUT2D eigenvalue weighted by Crippen LogP contribution is 2.19. The third-order valence-corrected chi connectivity index (χ3v) is 6.14. The molecule has 162 valence electrons. The van der Waals surface area contributed by atoms with Crippen LogP contribution in [0.3, 0.4) is 0 Å². The summed E-state index contributed by atoms with van der Waals surface area (Å²) in [6.45, 7) is 2.89. The summed E-state index contributed by atoms with van der Waals surface area (Å²) in [6.07, 6.45) is 1.38. The molecule has 0 spiro atoms. The normalized spacial score (nSPS) is 12.3. The van der Waals surface area contributed by atoms with E-state index in [0.29, 0.717) is 18.0 Å². The Morgan fingerprint density at radius 2 is 2.00 bits per heavy atom. The first-order valence-corrected chi connectivity index (χ1v) is 10.4. The maximum atomic E-state index is 12.8. The van der Waals surface area contributed by atoms with E-state index in [0.717, 1.165) is 20.3 Å². The van der Waals surface area contributed by atoms with E-state index in [9.17, 15) is 14.4 Å². The summed E-state index contributed by atoms with van der Waals surface area (Å²) in [5.74, 6) is -0.426. The first-order valence-electron chi connectivity index (χ1n) is 9.59. The molecule has 0 atom stereocenters. The average Bonchev–Trinajstić information content (AvgIpc) is 3.29. The van der Waals surface area contributed by atoms with Crippen LogP contribution in [0.4, 0.5) is 0 Å². The maximum Gasteiger partial charge on any atom is 0.332 e. The number of fused-ring (bicyclic) bond motifs is 2. The van der Waals surface area contributed by atoms with E-state index in [2.05, 4.69) is 16.0 Å². The number of methoxy groups -OCH3 is 1. The molecule has 10 nitrogen and oxygen atoms in total. The molecule has 0 aliphatic carbocycles. The third-order valence-electron chi connectivity index (χ3n) is 5.10. The number of aryl methyl sites for hydroxylation is 2. The second-order valence-corrected chi connectivity index (χ2v) is 8.27. The smallest absolute Gasteiger partial charge is 0.332 e. The predicted molar refractivity (Wildman–Crippen MR) is 117 cm³/mol. The van der Waals surface area contributed by atoms with Gasteiger partial charge in [-0.25, -0.2) is 9.78 Å². The number of carbonyl (C=O) groups is 1. The zero-order valence-corrected chi connectivity index (χ0v) is 18.5. The van der Waals surface area contributed by atoms with Crippen LogP contribution in [0.1, 0.15) is 5.56 Å². The third kappa shape index (κ3) is 3.66. The second kappa shape index (κ2) is 8.08. The molecule has 1 aromatic carbocycles. The number of imidazole rings is 1. The lowest BCUT2D eigenvalue weighted by atomic mass is 10.2. The van der Waals surface area contributed by atoms with E-state index in [4.69, 9.17) is 4.74 Å². The van der Waals surface area contributed by atoms with Crippen LogP contribution in [0.25, 0.3) is 21.4 Å². The minimum absolute atomic E-state index is 0.165. The van der Waals surface area contributed by atoms with Crippen LogP contribution in [-0.2, 0) is 36.7 Å². The Bertz CT molecular complexity index is 1500. The van der Waals surface area contributed by atoms with E-state index in [1.165, 1.54) is 40.9 Å². The van der Waals surface area contributed by atoms with Crippen molar-refractivity contribution in [1.29, 1.82) is 0 Å². The Hall–Kier alpha value is -3.31. The largest absolute Gasteiger partial charge is 0.383 e. The number of amides is 1. The molecule has 4 rings (SSSR count). The number of rotatable bonds is 5. The van der Waals surface area contributed by atoms with Crippen LogP contribution in [0.2, 0.25) is 0 Å². The summed E-state index contributed by atoms with van der Waals surface area (Å²) >= 11 is 1.43. The van der Waals surface area contributed by atoms with Crippen molar-refractivity contribution < 1.29 is 9.53 Å². The van der Waals surface area contributed by atoms with Gasteiger partial charge in [0.1, 0.15) is 6.54 Å². The number of hydrogen-bond donors (Lipinski definition) is 0. The highest BCUT2D eigenvalue weighted by atomic mass is 32.1. The highest BCUT2D eigenvalue weighted by Gasteiger charge is 2.16. The molecule has 0 bridgehead atoms. The van der Waals surface area contributed by atoms with Gasteiger partial charge in [-0.2, -0.15) is 4.99 Å². The fourth-order valence-corrected chi connectivity index (χ4v) is 4.64. The van der Waals surface area contributed by atoms with Crippen molar-refractivity contribution in [3.05, 3.63) is 55.7 Å². The van der Waals surface area contributed by atoms with E-state index < -0.39 is 17.2 Å². The predicted octanol–water partition coefficient (Wildman–Crippen LogP) is 0.532. The van der Waals surface area contributed by atoms with E-state index >= 15 is 0 Å². The minimum atomic E-state index is -0.504. The minimum Gasteiger partial charge on any atom is -0.383 e. The second-order valence-electron chi connectivity index (χ2n) is 7.26. The van der Waals surface area contributed by atoms with Gasteiger partial charge in [-0.1, -0.05) is 17.4 Å². The standard InChI is InChI=1S/C20H22N6O4S/c1-12-5-6-13-14(9-12)31-19(26(13)7-8-30-4)22-15(27)10-25-11-21-17-16(25)18(28)24(3)20(29)23(17)2/h5-6,9,11H,7-8,10H2,1-4H3. The molecule has 11 heteroatoms. The van der Waals surface area contributed by atoms with Crippen LogP contribution < -0.4 is 16.1 Å². The number of ether oxygens (including phenoxy) is 1. The van der Waals surface area contributed by atoms with Crippen LogP contribution in [-0.4, -0.2) is 42.9 Å². The molecule has 0 aliphatic heterocycles. The molecule has 0 saturated carbocycles. The van der Waals surface area contributed by atoms with Crippen molar-refractivity contribution in [2.24, 2.45) is 19.1 Å². The number of nitrogens with zero attached hydrogens (tertiary/aromatic N) is 6. The fourth-order valence-electron chi connectivity index (χ4n) is 3.47. The maximum absolute atomic E-state index is 12.8. The topological polar surface area (TPSA) is 105 Å². The zero-order valence-electron chi connectivity index (χ0n) is 17.7. The summed E-state index contributed by atoms with van der Waals surface area (Å²) in [5.41, 5.74) is 1.54. The molecule has 3 heterocycles. The average molecular weight is 443 g/mol. The number of thiazole rings is 1. The van der Waals surface area contributed by atoms with E-state index in [-0.39, 0.29) is 17.7 Å². The first-order chi connectivity index (χ1) is 14.8. The van der Waals surface area contributed by atoms with Gasteiger partial charge >= 0.3 is 5.69 Å². The molecular weight excluding hydrogens is 420 g/mol. The number of hydrogen-bond acceptors (Lipinski definition) is 6. The van der Waals surface area contributed by atoms with Gasteiger partial charge in [-0.05, 0) is 24.6 Å². The Balaban J connectivity index is 1.78. The van der Waals surface area contributed by atoms with Crippen molar-refractivity contribution in [2.45, 2.75) is 20.0 Å². The number of carbonyl (C=O) groups excluding carboxylic acids is 1. The molecular formula is C20H22N6O4S. The summed E-state index contributed by atoms with van der Waals surface area (Å²) in [6, 6.07) is 6.08. The number of aromatic nitrogens is 5. The monoisotopic (exact) mass is 442 g/mol. The lowest BCUT2D eigenvalue weighted by Gasteiger charge is -2.05. The molecule has 0 unspecified atom stereocenters. The molecule has 4 aromatic rings. The van der Waals surface area contributed by atoms with Gasteiger partial charge in [0.15, 0.2) is 16.0 Å².